The summed E-state index contributed by atoms with van der Waals surface area (Å²) in [7, 11) is -2.36. The number of benzene rings is 2. The van der Waals surface area contributed by atoms with E-state index in [1.54, 1.807) is 23.1 Å². The molecule has 1 saturated heterocycles. The van der Waals surface area contributed by atoms with E-state index in [1.165, 1.54) is 37.1 Å². The number of thioether (sulfide) groups is 1. The highest BCUT2D eigenvalue weighted by molar-refractivity contribution is 7.98. The molecule has 1 N–H and O–H groups in total. The average molecular weight is 421 g/mol. The molecule has 0 atom stereocenters. The summed E-state index contributed by atoms with van der Waals surface area (Å²) in [6.07, 6.45) is 4.95. The molecular formula is C20H24N2O4S2. The summed E-state index contributed by atoms with van der Waals surface area (Å²) in [5.74, 6) is 0.178. The molecule has 0 unspecified atom stereocenters. The molecule has 8 heteroatoms. The Morgan fingerprint density at radius 1 is 1.11 bits per heavy atom. The Hall–Kier alpha value is -2.19. The summed E-state index contributed by atoms with van der Waals surface area (Å²) in [4.78, 5) is 15.7. The summed E-state index contributed by atoms with van der Waals surface area (Å²) in [5.41, 5.74) is 0.747. The number of anilines is 1. The van der Waals surface area contributed by atoms with E-state index in [0.717, 1.165) is 24.2 Å². The average Bonchev–Trinajstić information content (AvgIpc) is 2.73. The molecule has 1 heterocycles. The van der Waals surface area contributed by atoms with Crippen LogP contribution in [0.5, 0.6) is 5.75 Å². The van der Waals surface area contributed by atoms with Crippen molar-refractivity contribution in [3.05, 3.63) is 48.0 Å². The standard InChI is InChI=1S/C20H24N2O4S2/c1-26-19-10-9-17(14-18(19)20(23)22-11-4-3-5-12-22)28(24,25)21-15-7-6-8-16(13-15)27-2/h6-10,13-14,21H,3-5,11-12H2,1-2H3. The fourth-order valence-corrected chi connectivity index (χ4v) is 4.72. The predicted molar refractivity (Wildman–Crippen MR) is 112 cm³/mol. The number of nitrogens with one attached hydrogen (secondary N) is 1. The van der Waals surface area contributed by atoms with Gasteiger partial charge in [-0.25, -0.2) is 8.42 Å². The maximum Gasteiger partial charge on any atom is 0.261 e. The number of amides is 1. The minimum atomic E-state index is -3.84. The first-order valence-corrected chi connectivity index (χ1v) is 11.8. The Bertz CT molecular complexity index is 954. The van der Waals surface area contributed by atoms with Crippen LogP contribution >= 0.6 is 11.8 Å². The molecule has 1 amide bonds. The summed E-state index contributed by atoms with van der Waals surface area (Å²) < 4.78 is 33.6. The van der Waals surface area contributed by atoms with Gasteiger partial charge in [0.05, 0.1) is 17.6 Å². The second-order valence-corrected chi connectivity index (χ2v) is 9.11. The van der Waals surface area contributed by atoms with Crippen LogP contribution in [-0.2, 0) is 10.0 Å². The third-order valence-corrected chi connectivity index (χ3v) is 6.78. The molecule has 28 heavy (non-hydrogen) atoms. The number of piperidine rings is 1. The van der Waals surface area contributed by atoms with E-state index < -0.39 is 10.0 Å². The zero-order chi connectivity index (χ0) is 20.1. The minimum absolute atomic E-state index is 0.0308. The highest BCUT2D eigenvalue weighted by Gasteiger charge is 2.24. The molecular weight excluding hydrogens is 396 g/mol. The SMILES string of the molecule is COc1ccc(S(=O)(=O)Nc2cccc(SC)c2)cc1C(=O)N1CCCCC1. The largest absolute Gasteiger partial charge is 0.496 e. The van der Waals surface area contributed by atoms with Gasteiger partial charge >= 0.3 is 0 Å². The lowest BCUT2D eigenvalue weighted by Crippen LogP contribution is -2.35. The van der Waals surface area contributed by atoms with E-state index in [1.807, 2.05) is 12.3 Å². The first kappa shape index (κ1) is 20.5. The molecule has 1 aliphatic heterocycles. The number of sulfonamides is 1. The van der Waals surface area contributed by atoms with Crippen LogP contribution in [-0.4, -0.2) is 45.7 Å². The van der Waals surface area contributed by atoms with Gasteiger partial charge in [0.15, 0.2) is 0 Å². The van der Waals surface area contributed by atoms with E-state index in [9.17, 15) is 13.2 Å². The van der Waals surface area contributed by atoms with Crippen LogP contribution in [0.15, 0.2) is 52.3 Å². The lowest BCUT2D eigenvalue weighted by Gasteiger charge is -2.27. The zero-order valence-electron chi connectivity index (χ0n) is 16.0. The number of carbonyl (C=O) groups excluding carboxylic acids is 1. The van der Waals surface area contributed by atoms with E-state index in [2.05, 4.69) is 4.72 Å². The van der Waals surface area contributed by atoms with Crippen LogP contribution in [0.4, 0.5) is 5.69 Å². The van der Waals surface area contributed by atoms with Gasteiger partial charge in [0, 0.05) is 23.7 Å². The molecule has 0 saturated carbocycles. The molecule has 2 aromatic rings. The van der Waals surface area contributed by atoms with Crippen molar-refractivity contribution in [3.63, 3.8) is 0 Å². The molecule has 0 aliphatic carbocycles. The van der Waals surface area contributed by atoms with Crippen molar-refractivity contribution in [1.29, 1.82) is 0 Å². The maximum absolute atomic E-state index is 12.9. The van der Waals surface area contributed by atoms with Gasteiger partial charge in [0.25, 0.3) is 15.9 Å². The monoisotopic (exact) mass is 420 g/mol. The molecule has 1 fully saturated rings. The van der Waals surface area contributed by atoms with Crippen molar-refractivity contribution in [2.24, 2.45) is 0 Å². The van der Waals surface area contributed by atoms with E-state index >= 15 is 0 Å². The quantitative estimate of drug-likeness (QED) is 0.719. The van der Waals surface area contributed by atoms with Gasteiger partial charge in [0.1, 0.15) is 5.75 Å². The molecule has 2 aromatic carbocycles. The number of carbonyl (C=O) groups is 1. The molecule has 1 aliphatic rings. The molecule has 0 bridgehead atoms. The Kier molecular flexibility index (Phi) is 6.51. The lowest BCUT2D eigenvalue weighted by atomic mass is 10.1. The predicted octanol–water partition coefficient (Wildman–Crippen LogP) is 3.84. The van der Waals surface area contributed by atoms with Crippen molar-refractivity contribution in [2.45, 2.75) is 29.1 Å². The van der Waals surface area contributed by atoms with Crippen molar-refractivity contribution in [2.75, 3.05) is 31.2 Å². The van der Waals surface area contributed by atoms with Crippen LogP contribution < -0.4 is 9.46 Å². The van der Waals surface area contributed by atoms with Gasteiger partial charge in [-0.05, 0) is 61.9 Å². The fraction of sp³-hybridized carbons (Fsp3) is 0.350. The second-order valence-electron chi connectivity index (χ2n) is 6.55. The summed E-state index contributed by atoms with van der Waals surface area (Å²) in [6, 6.07) is 11.5. The van der Waals surface area contributed by atoms with Crippen LogP contribution in [0.2, 0.25) is 0 Å². The Labute approximate surface area is 170 Å². The van der Waals surface area contributed by atoms with Crippen LogP contribution in [0.3, 0.4) is 0 Å². The second kappa shape index (κ2) is 8.87. The number of hydrogen-bond acceptors (Lipinski definition) is 5. The molecule has 3 rings (SSSR count). The topological polar surface area (TPSA) is 75.7 Å². The van der Waals surface area contributed by atoms with Gasteiger partial charge in [-0.2, -0.15) is 0 Å². The smallest absolute Gasteiger partial charge is 0.261 e. The van der Waals surface area contributed by atoms with Crippen LogP contribution in [0, 0.1) is 0 Å². The zero-order valence-corrected chi connectivity index (χ0v) is 17.6. The van der Waals surface area contributed by atoms with E-state index in [4.69, 9.17) is 4.74 Å². The van der Waals surface area contributed by atoms with E-state index in [0.29, 0.717) is 24.5 Å². The Morgan fingerprint density at radius 3 is 2.54 bits per heavy atom. The maximum atomic E-state index is 12.9. The number of methoxy groups -OCH3 is 1. The third kappa shape index (κ3) is 4.62. The van der Waals surface area contributed by atoms with Gasteiger partial charge in [-0.15, -0.1) is 11.8 Å². The fourth-order valence-electron chi connectivity index (χ4n) is 3.19. The minimum Gasteiger partial charge on any atom is -0.496 e. The van der Waals surface area contributed by atoms with E-state index in [-0.39, 0.29) is 16.4 Å². The molecule has 6 nitrogen and oxygen atoms in total. The number of rotatable bonds is 6. The number of likely N-dealkylation sites (tertiary alicyclic amines) is 1. The third-order valence-electron chi connectivity index (χ3n) is 4.68. The molecule has 150 valence electrons. The van der Waals surface area contributed by atoms with Crippen molar-refractivity contribution in [1.82, 2.24) is 4.90 Å². The first-order chi connectivity index (χ1) is 13.4. The Morgan fingerprint density at radius 2 is 1.86 bits per heavy atom. The summed E-state index contributed by atoms with van der Waals surface area (Å²) in [6.45, 7) is 1.36. The summed E-state index contributed by atoms with van der Waals surface area (Å²) >= 11 is 1.53. The molecule has 0 aromatic heterocycles. The molecule has 0 spiro atoms. The number of hydrogen-bond donors (Lipinski definition) is 1. The highest BCUT2D eigenvalue weighted by Crippen LogP contribution is 2.27. The van der Waals surface area contributed by atoms with Crippen LogP contribution in [0.25, 0.3) is 0 Å². The van der Waals surface area contributed by atoms with Crippen molar-refractivity contribution in [3.8, 4) is 5.75 Å². The van der Waals surface area contributed by atoms with Crippen LogP contribution in [0.1, 0.15) is 29.6 Å². The first-order valence-electron chi connectivity index (χ1n) is 9.09. The van der Waals surface area contributed by atoms with Gasteiger partial charge in [-0.1, -0.05) is 6.07 Å². The summed E-state index contributed by atoms with van der Waals surface area (Å²) in [5, 5.41) is 0. The van der Waals surface area contributed by atoms with Gasteiger partial charge in [-0.3, -0.25) is 9.52 Å². The van der Waals surface area contributed by atoms with Crippen molar-refractivity contribution >= 4 is 33.4 Å². The highest BCUT2D eigenvalue weighted by atomic mass is 32.2. The van der Waals surface area contributed by atoms with Crippen molar-refractivity contribution < 1.29 is 17.9 Å². The van der Waals surface area contributed by atoms with Gasteiger partial charge < -0.3 is 9.64 Å². The molecule has 0 radical (unpaired) electrons. The number of ether oxygens (including phenoxy) is 1. The number of nitrogens with zero attached hydrogens (tertiary/aromatic N) is 1. The normalized spacial score (nSPS) is 14.6. The lowest BCUT2D eigenvalue weighted by molar-refractivity contribution is 0.0720. The Balaban J connectivity index is 1.91. The van der Waals surface area contributed by atoms with Gasteiger partial charge in [0.2, 0.25) is 0 Å².